The molecule has 104 valence electrons. The molecule has 0 aliphatic carbocycles. The zero-order chi connectivity index (χ0) is 15.0. The topological polar surface area (TPSA) is 63.1 Å². The lowest BCUT2D eigenvalue weighted by Crippen LogP contribution is -2.09. The number of aromatic carboxylic acids is 1. The van der Waals surface area contributed by atoms with Crippen LogP contribution >= 0.6 is 0 Å². The van der Waals surface area contributed by atoms with Gasteiger partial charge in [0.15, 0.2) is 23.3 Å². The van der Waals surface area contributed by atoms with Gasteiger partial charge in [0.1, 0.15) is 11.9 Å². The SMILES string of the molecule is O=C(O)c1cncnc1-c1c(F)c(F)c(F)c(F)c1F. The lowest BCUT2D eigenvalue weighted by molar-refractivity contribution is 0.0697. The van der Waals surface area contributed by atoms with E-state index in [0.717, 1.165) is 6.33 Å². The van der Waals surface area contributed by atoms with Crippen LogP contribution in [0.2, 0.25) is 0 Å². The third kappa shape index (κ3) is 1.96. The second-order valence-electron chi connectivity index (χ2n) is 3.54. The largest absolute Gasteiger partial charge is 0.478 e. The standard InChI is InChI=1S/C11H3F5N2O2/c12-5-4(6(13)8(15)9(16)7(5)14)10-3(11(19)20)1-17-2-18-10/h1-2H,(H,19,20). The van der Waals surface area contributed by atoms with Gasteiger partial charge in [-0.2, -0.15) is 0 Å². The van der Waals surface area contributed by atoms with Gasteiger partial charge in [-0.3, -0.25) is 0 Å². The second-order valence-corrected chi connectivity index (χ2v) is 3.54. The number of hydrogen-bond donors (Lipinski definition) is 1. The van der Waals surface area contributed by atoms with Crippen LogP contribution in [0.4, 0.5) is 22.0 Å². The molecule has 0 aliphatic heterocycles. The number of rotatable bonds is 2. The van der Waals surface area contributed by atoms with Crippen molar-refractivity contribution in [2.45, 2.75) is 0 Å². The molecule has 0 fully saturated rings. The monoisotopic (exact) mass is 290 g/mol. The molecule has 0 saturated heterocycles. The van der Waals surface area contributed by atoms with E-state index >= 15 is 0 Å². The van der Waals surface area contributed by atoms with E-state index in [-0.39, 0.29) is 0 Å². The molecule has 4 nitrogen and oxygen atoms in total. The summed E-state index contributed by atoms with van der Waals surface area (Å²) in [7, 11) is 0. The lowest BCUT2D eigenvalue weighted by Gasteiger charge is -2.09. The van der Waals surface area contributed by atoms with Crippen molar-refractivity contribution in [3.8, 4) is 11.3 Å². The van der Waals surface area contributed by atoms with Gasteiger partial charge in [0, 0.05) is 6.20 Å². The molecule has 1 aromatic carbocycles. The second kappa shape index (κ2) is 4.83. The van der Waals surface area contributed by atoms with Crippen LogP contribution in [0.3, 0.4) is 0 Å². The summed E-state index contributed by atoms with van der Waals surface area (Å²) in [5.74, 6) is -12.7. The van der Waals surface area contributed by atoms with Crippen molar-refractivity contribution in [2.24, 2.45) is 0 Å². The number of hydrogen-bond acceptors (Lipinski definition) is 3. The predicted molar refractivity (Wildman–Crippen MR) is 54.2 cm³/mol. The average molecular weight is 290 g/mol. The van der Waals surface area contributed by atoms with Crippen LogP contribution in [0, 0.1) is 29.1 Å². The minimum absolute atomic E-state index is 0.683. The summed E-state index contributed by atoms with van der Waals surface area (Å²) in [5, 5.41) is 8.82. The summed E-state index contributed by atoms with van der Waals surface area (Å²) in [6.07, 6.45) is 1.41. The number of halogens is 5. The van der Waals surface area contributed by atoms with E-state index in [0.29, 0.717) is 6.20 Å². The lowest BCUT2D eigenvalue weighted by atomic mass is 10.0. The number of carbonyl (C=O) groups is 1. The summed E-state index contributed by atoms with van der Waals surface area (Å²) in [6.45, 7) is 0. The molecule has 1 heterocycles. The maximum atomic E-state index is 13.6. The highest BCUT2D eigenvalue weighted by Crippen LogP contribution is 2.31. The Hall–Kier alpha value is -2.58. The van der Waals surface area contributed by atoms with Gasteiger partial charge in [0.05, 0.1) is 11.3 Å². The molecule has 1 N–H and O–H groups in total. The summed E-state index contributed by atoms with van der Waals surface area (Å²) in [6, 6.07) is 0. The van der Waals surface area contributed by atoms with Gasteiger partial charge in [-0.05, 0) is 0 Å². The number of nitrogens with zero attached hydrogens (tertiary/aromatic N) is 2. The fraction of sp³-hybridized carbons (Fsp3) is 0. The molecule has 1 aromatic heterocycles. The highest BCUT2D eigenvalue weighted by atomic mass is 19.2. The minimum atomic E-state index is -2.34. The van der Waals surface area contributed by atoms with Gasteiger partial charge in [0.25, 0.3) is 0 Å². The Morgan fingerprint density at radius 3 is 1.95 bits per heavy atom. The zero-order valence-corrected chi connectivity index (χ0v) is 9.29. The van der Waals surface area contributed by atoms with E-state index in [4.69, 9.17) is 5.11 Å². The normalized spacial score (nSPS) is 10.7. The van der Waals surface area contributed by atoms with Crippen molar-refractivity contribution in [3.05, 3.63) is 47.2 Å². The maximum Gasteiger partial charge on any atom is 0.339 e. The molecule has 20 heavy (non-hydrogen) atoms. The van der Waals surface area contributed by atoms with Crippen molar-refractivity contribution in [3.63, 3.8) is 0 Å². The van der Waals surface area contributed by atoms with Crippen molar-refractivity contribution in [2.75, 3.05) is 0 Å². The van der Waals surface area contributed by atoms with Crippen LogP contribution < -0.4 is 0 Å². The zero-order valence-electron chi connectivity index (χ0n) is 9.29. The van der Waals surface area contributed by atoms with Crippen LogP contribution in [-0.4, -0.2) is 21.0 Å². The molecule has 0 atom stereocenters. The Labute approximate surface area is 107 Å². The third-order valence-corrected chi connectivity index (χ3v) is 2.39. The van der Waals surface area contributed by atoms with Crippen LogP contribution in [-0.2, 0) is 0 Å². The number of carboxylic acids is 1. The van der Waals surface area contributed by atoms with Crippen LogP contribution in [0.1, 0.15) is 10.4 Å². The molecule has 0 aliphatic rings. The fourth-order valence-electron chi connectivity index (χ4n) is 1.50. The Morgan fingerprint density at radius 1 is 0.950 bits per heavy atom. The fourth-order valence-corrected chi connectivity index (χ4v) is 1.50. The molecule has 2 rings (SSSR count). The van der Waals surface area contributed by atoms with E-state index in [1.54, 1.807) is 0 Å². The summed E-state index contributed by atoms with van der Waals surface area (Å²) in [4.78, 5) is 17.5. The summed E-state index contributed by atoms with van der Waals surface area (Å²) < 4.78 is 66.1. The molecule has 0 amide bonds. The van der Waals surface area contributed by atoms with E-state index in [2.05, 4.69) is 9.97 Å². The Balaban J connectivity index is 2.88. The highest BCUT2D eigenvalue weighted by Gasteiger charge is 2.29. The molecule has 0 saturated carbocycles. The molecule has 2 aromatic rings. The first-order valence-corrected chi connectivity index (χ1v) is 4.91. The van der Waals surface area contributed by atoms with Gasteiger partial charge in [0.2, 0.25) is 5.82 Å². The average Bonchev–Trinajstić information content (AvgIpc) is 2.43. The first kappa shape index (κ1) is 13.8. The molecule has 9 heteroatoms. The van der Waals surface area contributed by atoms with Gasteiger partial charge in [-0.25, -0.2) is 36.7 Å². The minimum Gasteiger partial charge on any atom is -0.478 e. The first-order valence-electron chi connectivity index (χ1n) is 4.91. The van der Waals surface area contributed by atoms with Crippen molar-refractivity contribution >= 4 is 5.97 Å². The quantitative estimate of drug-likeness (QED) is 0.524. The number of benzene rings is 1. The predicted octanol–water partition coefficient (Wildman–Crippen LogP) is 2.54. The molecule has 0 spiro atoms. The van der Waals surface area contributed by atoms with Gasteiger partial charge in [-0.15, -0.1) is 0 Å². The van der Waals surface area contributed by atoms with E-state index in [9.17, 15) is 26.7 Å². The molecule has 0 unspecified atom stereocenters. The molecular formula is C11H3F5N2O2. The first-order chi connectivity index (χ1) is 9.36. The molecule has 0 bridgehead atoms. The Kier molecular flexibility index (Phi) is 3.35. The van der Waals surface area contributed by atoms with Gasteiger partial charge in [-0.1, -0.05) is 0 Å². The Morgan fingerprint density at radius 2 is 1.45 bits per heavy atom. The van der Waals surface area contributed by atoms with E-state index in [1.165, 1.54) is 0 Å². The van der Waals surface area contributed by atoms with Crippen LogP contribution in [0.5, 0.6) is 0 Å². The van der Waals surface area contributed by atoms with Crippen molar-refractivity contribution in [1.82, 2.24) is 9.97 Å². The Bertz CT molecular complexity index is 691. The summed E-state index contributed by atoms with van der Waals surface area (Å²) >= 11 is 0. The van der Waals surface area contributed by atoms with Crippen molar-refractivity contribution in [1.29, 1.82) is 0 Å². The maximum absolute atomic E-state index is 13.6. The third-order valence-electron chi connectivity index (χ3n) is 2.39. The van der Waals surface area contributed by atoms with E-state index in [1.807, 2.05) is 0 Å². The summed E-state index contributed by atoms with van der Waals surface area (Å²) in [5.41, 5.74) is -3.11. The van der Waals surface area contributed by atoms with Crippen molar-refractivity contribution < 1.29 is 31.9 Å². The van der Waals surface area contributed by atoms with E-state index < -0.39 is 51.9 Å². The highest BCUT2D eigenvalue weighted by molar-refractivity contribution is 5.94. The van der Waals surface area contributed by atoms with Gasteiger partial charge < -0.3 is 5.11 Å². The molecule has 0 radical (unpaired) electrons. The van der Waals surface area contributed by atoms with Crippen LogP contribution in [0.15, 0.2) is 12.5 Å². The molecular weight excluding hydrogens is 287 g/mol. The van der Waals surface area contributed by atoms with Gasteiger partial charge >= 0.3 is 5.97 Å². The smallest absolute Gasteiger partial charge is 0.339 e. The number of carboxylic acid groups (broad SMARTS) is 1. The van der Waals surface area contributed by atoms with Crippen LogP contribution in [0.25, 0.3) is 11.3 Å². The number of aromatic nitrogens is 2.